The van der Waals surface area contributed by atoms with E-state index in [1.165, 1.54) is 16.9 Å². The van der Waals surface area contributed by atoms with Gasteiger partial charge in [-0.3, -0.25) is 4.79 Å². The summed E-state index contributed by atoms with van der Waals surface area (Å²) in [6.07, 6.45) is 2.84. The van der Waals surface area contributed by atoms with E-state index < -0.39 is 5.97 Å². The molecule has 0 saturated heterocycles. The highest BCUT2D eigenvalue weighted by Gasteiger charge is 2.10. The van der Waals surface area contributed by atoms with Gasteiger partial charge in [-0.05, 0) is 23.6 Å². The van der Waals surface area contributed by atoms with Crippen molar-refractivity contribution in [3.05, 3.63) is 70.5 Å². The molecule has 0 amide bonds. The predicted molar refractivity (Wildman–Crippen MR) is 73.0 cm³/mol. The number of carbonyl (C=O) groups is 1. The van der Waals surface area contributed by atoms with E-state index in [1.54, 1.807) is 12.3 Å². The van der Waals surface area contributed by atoms with E-state index in [0.717, 1.165) is 5.39 Å². The molecular formula is C15H11NO4. The summed E-state index contributed by atoms with van der Waals surface area (Å²) in [5.41, 5.74) is -0.0507. The summed E-state index contributed by atoms with van der Waals surface area (Å²) in [5, 5.41) is 10.3. The number of carboxylic acid groups (broad SMARTS) is 1. The van der Waals surface area contributed by atoms with Crippen LogP contribution in [-0.4, -0.2) is 15.6 Å². The molecule has 2 aromatic heterocycles. The van der Waals surface area contributed by atoms with Crippen molar-refractivity contribution in [1.29, 1.82) is 0 Å². The molecule has 0 bridgehead atoms. The van der Waals surface area contributed by atoms with E-state index >= 15 is 0 Å². The highest BCUT2D eigenvalue weighted by molar-refractivity contribution is 5.87. The lowest BCUT2D eigenvalue weighted by molar-refractivity contribution is 0.0696. The molecule has 0 aliphatic carbocycles. The van der Waals surface area contributed by atoms with Gasteiger partial charge in [-0.25, -0.2) is 4.79 Å². The fourth-order valence-electron chi connectivity index (χ4n) is 2.10. The van der Waals surface area contributed by atoms with Crippen molar-refractivity contribution in [2.24, 2.45) is 0 Å². The Hall–Kier alpha value is -2.82. The van der Waals surface area contributed by atoms with Gasteiger partial charge in [-0.2, -0.15) is 0 Å². The standard InChI is InChI=1S/C15H11NO4/c17-14-13-4-2-1-3-10(13)5-6-16(14)8-12-7-11(9-20-12)15(18)19/h1-7,9H,8H2,(H,18,19). The number of hydrogen-bond acceptors (Lipinski definition) is 3. The maximum absolute atomic E-state index is 12.3. The maximum atomic E-state index is 12.3. The summed E-state index contributed by atoms with van der Waals surface area (Å²) < 4.78 is 6.65. The SMILES string of the molecule is O=C(O)c1coc(Cn2ccc3ccccc3c2=O)c1. The highest BCUT2D eigenvalue weighted by atomic mass is 16.4. The summed E-state index contributed by atoms with van der Waals surface area (Å²) in [6.45, 7) is 0.205. The number of fused-ring (bicyclic) bond motifs is 1. The first-order valence-corrected chi connectivity index (χ1v) is 6.04. The zero-order valence-electron chi connectivity index (χ0n) is 10.4. The third kappa shape index (κ3) is 2.09. The number of pyridine rings is 1. The summed E-state index contributed by atoms with van der Waals surface area (Å²) in [5.74, 6) is -0.620. The van der Waals surface area contributed by atoms with Crippen LogP contribution in [0.2, 0.25) is 0 Å². The number of furan rings is 1. The maximum Gasteiger partial charge on any atom is 0.338 e. The van der Waals surface area contributed by atoms with Gasteiger partial charge in [-0.15, -0.1) is 0 Å². The van der Waals surface area contributed by atoms with Crippen LogP contribution in [-0.2, 0) is 6.54 Å². The van der Waals surface area contributed by atoms with Crippen molar-refractivity contribution in [2.45, 2.75) is 6.54 Å². The Bertz CT molecular complexity index is 844. The topological polar surface area (TPSA) is 72.4 Å². The second-order valence-electron chi connectivity index (χ2n) is 4.44. The van der Waals surface area contributed by atoms with Gasteiger partial charge in [0.2, 0.25) is 0 Å². The van der Waals surface area contributed by atoms with Gasteiger partial charge in [0.25, 0.3) is 5.56 Å². The minimum atomic E-state index is -1.05. The lowest BCUT2D eigenvalue weighted by Gasteiger charge is -2.04. The molecule has 20 heavy (non-hydrogen) atoms. The molecule has 1 N–H and O–H groups in total. The number of rotatable bonds is 3. The van der Waals surface area contributed by atoms with Crippen LogP contribution in [0, 0.1) is 0 Å². The molecule has 0 aliphatic rings. The van der Waals surface area contributed by atoms with Crippen molar-refractivity contribution in [2.75, 3.05) is 0 Å². The number of aromatic nitrogens is 1. The molecule has 1 aromatic carbocycles. The minimum Gasteiger partial charge on any atom is -0.478 e. The quantitative estimate of drug-likeness (QED) is 0.792. The summed E-state index contributed by atoms with van der Waals surface area (Å²) in [6, 6.07) is 10.6. The van der Waals surface area contributed by atoms with E-state index in [9.17, 15) is 9.59 Å². The van der Waals surface area contributed by atoms with Crippen LogP contribution >= 0.6 is 0 Å². The Morgan fingerprint density at radius 1 is 1.25 bits per heavy atom. The number of nitrogens with zero attached hydrogens (tertiary/aromatic N) is 1. The molecule has 0 atom stereocenters. The normalized spacial score (nSPS) is 10.8. The van der Waals surface area contributed by atoms with Crippen LogP contribution in [0.15, 0.2) is 58.1 Å². The molecule has 0 aliphatic heterocycles. The number of benzene rings is 1. The molecule has 0 radical (unpaired) electrons. The molecule has 2 heterocycles. The Balaban J connectivity index is 2.00. The second-order valence-corrected chi connectivity index (χ2v) is 4.44. The predicted octanol–water partition coefficient (Wildman–Crippen LogP) is 2.34. The van der Waals surface area contributed by atoms with Gasteiger partial charge in [-0.1, -0.05) is 18.2 Å². The Morgan fingerprint density at radius 2 is 2.05 bits per heavy atom. The average molecular weight is 269 g/mol. The Kier molecular flexibility index (Phi) is 2.87. The molecule has 0 unspecified atom stereocenters. The fourth-order valence-corrected chi connectivity index (χ4v) is 2.10. The average Bonchev–Trinajstić information content (AvgIpc) is 2.91. The first-order valence-electron chi connectivity index (χ1n) is 6.04. The van der Waals surface area contributed by atoms with Gasteiger partial charge < -0.3 is 14.1 Å². The van der Waals surface area contributed by atoms with Gasteiger partial charge in [0.15, 0.2) is 0 Å². The highest BCUT2D eigenvalue weighted by Crippen LogP contribution is 2.11. The first-order chi connectivity index (χ1) is 9.65. The van der Waals surface area contributed by atoms with Crippen molar-refractivity contribution < 1.29 is 14.3 Å². The van der Waals surface area contributed by atoms with Crippen LogP contribution in [0.3, 0.4) is 0 Å². The zero-order chi connectivity index (χ0) is 14.1. The van der Waals surface area contributed by atoms with Gasteiger partial charge in [0, 0.05) is 11.6 Å². The molecule has 3 rings (SSSR count). The minimum absolute atomic E-state index is 0.0776. The lowest BCUT2D eigenvalue weighted by atomic mass is 10.2. The molecule has 3 aromatic rings. The van der Waals surface area contributed by atoms with E-state index in [0.29, 0.717) is 11.1 Å². The molecular weight excluding hydrogens is 258 g/mol. The molecule has 0 spiro atoms. The molecule has 5 nitrogen and oxygen atoms in total. The van der Waals surface area contributed by atoms with Gasteiger partial charge >= 0.3 is 5.97 Å². The summed E-state index contributed by atoms with van der Waals surface area (Å²) >= 11 is 0. The smallest absolute Gasteiger partial charge is 0.338 e. The first kappa shape index (κ1) is 12.2. The van der Waals surface area contributed by atoms with E-state index in [-0.39, 0.29) is 17.7 Å². The van der Waals surface area contributed by atoms with E-state index in [2.05, 4.69) is 0 Å². The van der Waals surface area contributed by atoms with Crippen molar-refractivity contribution >= 4 is 16.7 Å². The van der Waals surface area contributed by atoms with Crippen molar-refractivity contribution in [1.82, 2.24) is 4.57 Å². The Labute approximate surface area is 113 Å². The summed E-state index contributed by atoms with van der Waals surface area (Å²) in [4.78, 5) is 23.1. The van der Waals surface area contributed by atoms with Crippen LogP contribution in [0.5, 0.6) is 0 Å². The van der Waals surface area contributed by atoms with Gasteiger partial charge in [0.05, 0.1) is 12.1 Å². The van der Waals surface area contributed by atoms with E-state index in [4.69, 9.17) is 9.52 Å². The zero-order valence-corrected chi connectivity index (χ0v) is 10.4. The van der Waals surface area contributed by atoms with Gasteiger partial charge in [0.1, 0.15) is 12.0 Å². The van der Waals surface area contributed by atoms with Crippen LogP contribution in [0.1, 0.15) is 16.1 Å². The molecule has 100 valence electrons. The second kappa shape index (κ2) is 4.70. The molecule has 0 saturated carbocycles. The molecule has 5 heteroatoms. The fraction of sp³-hybridized carbons (Fsp3) is 0.0667. The van der Waals surface area contributed by atoms with Crippen LogP contribution in [0.4, 0.5) is 0 Å². The monoisotopic (exact) mass is 269 g/mol. The number of hydrogen-bond donors (Lipinski definition) is 1. The van der Waals surface area contributed by atoms with Crippen molar-refractivity contribution in [3.8, 4) is 0 Å². The number of carboxylic acids is 1. The third-order valence-corrected chi connectivity index (χ3v) is 3.11. The van der Waals surface area contributed by atoms with Crippen LogP contribution < -0.4 is 5.56 Å². The third-order valence-electron chi connectivity index (χ3n) is 3.11. The largest absolute Gasteiger partial charge is 0.478 e. The number of aromatic carboxylic acids is 1. The Morgan fingerprint density at radius 3 is 2.80 bits per heavy atom. The van der Waals surface area contributed by atoms with E-state index in [1.807, 2.05) is 24.3 Å². The lowest BCUT2D eigenvalue weighted by Crippen LogP contribution is -2.19. The van der Waals surface area contributed by atoms with Crippen molar-refractivity contribution in [3.63, 3.8) is 0 Å². The summed E-state index contributed by atoms with van der Waals surface area (Å²) in [7, 11) is 0. The molecule has 0 fully saturated rings. The van der Waals surface area contributed by atoms with Crippen LogP contribution in [0.25, 0.3) is 10.8 Å².